The van der Waals surface area contributed by atoms with Crippen LogP contribution in [-0.4, -0.2) is 13.7 Å². The Morgan fingerprint density at radius 2 is 1.15 bits per heavy atom. The summed E-state index contributed by atoms with van der Waals surface area (Å²) in [5, 5.41) is -0.922. The molecule has 0 unspecified atom stereocenters. The maximum atomic E-state index is 13.6. The van der Waals surface area contributed by atoms with Crippen molar-refractivity contribution in [3.05, 3.63) is 101 Å². The minimum absolute atomic E-state index is 0.174. The van der Waals surface area contributed by atoms with Gasteiger partial charge in [-0.1, -0.05) is 66.7 Å². The standard InChI is InChI=1S/C22H17ClO2S/c23-21-18-13-7-6-12-17(18)19-15-10-4-5-11-16(15)20(21)22(19)26(24,25)14-8-2-1-3-9-14/h1-13,19-22H/t19-,20-,21-,22+/m1/s1. The smallest absolute Gasteiger partial charge is 0.182 e. The van der Waals surface area contributed by atoms with E-state index in [4.69, 9.17) is 11.6 Å². The minimum atomic E-state index is -3.53. The van der Waals surface area contributed by atoms with E-state index < -0.39 is 15.1 Å². The van der Waals surface area contributed by atoms with Crippen LogP contribution in [0.3, 0.4) is 0 Å². The van der Waals surface area contributed by atoms with Gasteiger partial charge >= 0.3 is 0 Å². The van der Waals surface area contributed by atoms with Gasteiger partial charge in [0.1, 0.15) is 0 Å². The van der Waals surface area contributed by atoms with Crippen molar-refractivity contribution < 1.29 is 8.42 Å². The summed E-state index contributed by atoms with van der Waals surface area (Å²) < 4.78 is 27.2. The highest BCUT2D eigenvalue weighted by atomic mass is 35.5. The highest BCUT2D eigenvalue weighted by Crippen LogP contribution is 2.61. The second kappa shape index (κ2) is 5.70. The Bertz CT molecular complexity index is 1090. The zero-order valence-electron chi connectivity index (χ0n) is 13.9. The molecule has 26 heavy (non-hydrogen) atoms. The van der Waals surface area contributed by atoms with Crippen LogP contribution >= 0.6 is 11.6 Å². The summed E-state index contributed by atoms with van der Waals surface area (Å²) in [6.45, 7) is 0. The van der Waals surface area contributed by atoms with Crippen molar-refractivity contribution in [1.82, 2.24) is 0 Å². The number of hydrogen-bond acceptors (Lipinski definition) is 2. The van der Waals surface area contributed by atoms with E-state index in [9.17, 15) is 8.42 Å². The first kappa shape index (κ1) is 16.1. The van der Waals surface area contributed by atoms with Crippen LogP contribution < -0.4 is 0 Å². The Morgan fingerprint density at radius 1 is 0.654 bits per heavy atom. The van der Waals surface area contributed by atoms with Gasteiger partial charge in [0.2, 0.25) is 0 Å². The lowest BCUT2D eigenvalue weighted by Crippen LogP contribution is -2.35. The summed E-state index contributed by atoms with van der Waals surface area (Å²) in [5.41, 5.74) is 4.26. The van der Waals surface area contributed by atoms with E-state index in [0.29, 0.717) is 4.90 Å². The Morgan fingerprint density at radius 3 is 1.81 bits per heavy atom. The van der Waals surface area contributed by atoms with E-state index in [-0.39, 0.29) is 17.2 Å². The van der Waals surface area contributed by atoms with Crippen molar-refractivity contribution in [2.45, 2.75) is 27.4 Å². The molecule has 0 saturated carbocycles. The summed E-state index contributed by atoms with van der Waals surface area (Å²) in [4.78, 5) is 0.371. The molecule has 4 atom stereocenters. The summed E-state index contributed by atoms with van der Waals surface area (Å²) in [5.74, 6) is -0.412. The van der Waals surface area contributed by atoms with Crippen LogP contribution in [0.5, 0.6) is 0 Å². The fraction of sp³-hybridized carbons (Fsp3) is 0.182. The maximum absolute atomic E-state index is 13.6. The number of sulfone groups is 1. The molecule has 0 N–H and O–H groups in total. The average Bonchev–Trinajstić information content (AvgIpc) is 2.99. The van der Waals surface area contributed by atoms with Gasteiger partial charge in [-0.05, 0) is 34.4 Å². The topological polar surface area (TPSA) is 34.1 Å². The maximum Gasteiger partial charge on any atom is 0.182 e. The molecule has 0 amide bonds. The van der Waals surface area contributed by atoms with E-state index in [1.54, 1.807) is 24.3 Å². The predicted molar refractivity (Wildman–Crippen MR) is 103 cm³/mol. The molecule has 0 saturated heterocycles. The van der Waals surface area contributed by atoms with Crippen molar-refractivity contribution in [3.8, 4) is 0 Å². The fourth-order valence-corrected chi connectivity index (χ4v) is 7.48. The second-order valence-corrected chi connectivity index (χ2v) is 9.56. The number of benzene rings is 3. The van der Waals surface area contributed by atoms with E-state index in [0.717, 1.165) is 22.3 Å². The first-order chi connectivity index (χ1) is 12.6. The first-order valence-electron chi connectivity index (χ1n) is 8.71. The molecule has 4 heteroatoms. The van der Waals surface area contributed by atoms with Gasteiger partial charge in [0.25, 0.3) is 0 Å². The third-order valence-corrected chi connectivity index (χ3v) is 8.46. The molecule has 2 bridgehead atoms. The van der Waals surface area contributed by atoms with Crippen LogP contribution in [0, 0.1) is 0 Å². The summed E-state index contributed by atoms with van der Waals surface area (Å²) in [6, 6.07) is 24.8. The van der Waals surface area contributed by atoms with Crippen LogP contribution in [-0.2, 0) is 9.84 Å². The molecule has 2 nitrogen and oxygen atoms in total. The fourth-order valence-electron chi connectivity index (χ4n) is 4.71. The highest BCUT2D eigenvalue weighted by Gasteiger charge is 2.55. The quantitative estimate of drug-likeness (QED) is 0.583. The molecule has 5 rings (SSSR count). The van der Waals surface area contributed by atoms with Crippen LogP contribution in [0.15, 0.2) is 83.8 Å². The molecule has 0 spiro atoms. The lowest BCUT2D eigenvalue weighted by atomic mass is 9.80. The molecule has 0 radical (unpaired) electrons. The van der Waals surface area contributed by atoms with Gasteiger partial charge in [0.05, 0.1) is 15.5 Å². The molecular formula is C22H17ClO2S. The second-order valence-electron chi connectivity index (χ2n) is 6.99. The molecule has 0 aliphatic heterocycles. The first-order valence-corrected chi connectivity index (χ1v) is 10.7. The largest absolute Gasteiger partial charge is 0.223 e. The third kappa shape index (κ3) is 2.07. The van der Waals surface area contributed by atoms with E-state index >= 15 is 0 Å². The summed E-state index contributed by atoms with van der Waals surface area (Å²) in [7, 11) is -3.53. The van der Waals surface area contributed by atoms with E-state index in [2.05, 4.69) is 6.07 Å². The summed E-state index contributed by atoms with van der Waals surface area (Å²) >= 11 is 6.89. The number of fused-ring (bicyclic) bond motifs is 7. The van der Waals surface area contributed by atoms with Gasteiger partial charge in [-0.2, -0.15) is 0 Å². The minimum Gasteiger partial charge on any atom is -0.223 e. The number of rotatable bonds is 2. The van der Waals surface area contributed by atoms with Gasteiger partial charge in [-0.3, -0.25) is 0 Å². The van der Waals surface area contributed by atoms with Crippen LogP contribution in [0.2, 0.25) is 0 Å². The zero-order valence-corrected chi connectivity index (χ0v) is 15.5. The number of hydrogen-bond donors (Lipinski definition) is 0. The molecule has 0 aromatic heterocycles. The Hall–Kier alpha value is -2.10. The molecule has 0 heterocycles. The number of alkyl halides is 1. The van der Waals surface area contributed by atoms with Crippen molar-refractivity contribution in [1.29, 1.82) is 0 Å². The SMILES string of the molecule is O=S(=O)(c1ccccc1)[C@H]1[C@@H]2c3ccccc3[C@@H]1[C@H](Cl)c1ccccc12. The molecule has 130 valence electrons. The van der Waals surface area contributed by atoms with Gasteiger partial charge in [0, 0.05) is 11.8 Å². The van der Waals surface area contributed by atoms with Gasteiger partial charge < -0.3 is 0 Å². The predicted octanol–water partition coefficient (Wildman–Crippen LogP) is 5.05. The molecule has 2 aliphatic carbocycles. The van der Waals surface area contributed by atoms with E-state index in [1.165, 1.54) is 0 Å². The molecular weight excluding hydrogens is 364 g/mol. The van der Waals surface area contributed by atoms with Crippen LogP contribution in [0.4, 0.5) is 0 Å². The number of halogens is 1. The molecule has 3 aromatic carbocycles. The molecule has 2 aliphatic rings. The van der Waals surface area contributed by atoms with Gasteiger partial charge in [0.15, 0.2) is 9.84 Å². The third-order valence-electron chi connectivity index (χ3n) is 5.75. The Balaban J connectivity index is 1.79. The monoisotopic (exact) mass is 380 g/mol. The van der Waals surface area contributed by atoms with Gasteiger partial charge in [-0.25, -0.2) is 8.42 Å². The lowest BCUT2D eigenvalue weighted by molar-refractivity contribution is 0.525. The summed E-state index contributed by atoms with van der Waals surface area (Å²) in [6.07, 6.45) is 0. The lowest BCUT2D eigenvalue weighted by Gasteiger charge is -2.35. The normalized spacial score (nSPS) is 26.2. The average molecular weight is 381 g/mol. The van der Waals surface area contributed by atoms with Crippen molar-refractivity contribution in [3.63, 3.8) is 0 Å². The molecule has 0 fully saturated rings. The highest BCUT2D eigenvalue weighted by molar-refractivity contribution is 7.92. The van der Waals surface area contributed by atoms with Crippen molar-refractivity contribution in [2.24, 2.45) is 0 Å². The Kier molecular flexibility index (Phi) is 3.53. The van der Waals surface area contributed by atoms with Crippen LogP contribution in [0.25, 0.3) is 0 Å². The Labute approximate surface area is 158 Å². The van der Waals surface area contributed by atoms with Crippen molar-refractivity contribution >= 4 is 21.4 Å². The molecule has 3 aromatic rings. The van der Waals surface area contributed by atoms with Crippen molar-refractivity contribution in [2.75, 3.05) is 0 Å². The van der Waals surface area contributed by atoms with Gasteiger partial charge in [-0.15, -0.1) is 11.6 Å². The zero-order chi connectivity index (χ0) is 17.9. The van der Waals surface area contributed by atoms with Crippen LogP contribution in [0.1, 0.15) is 39.5 Å². The van der Waals surface area contributed by atoms with E-state index in [1.807, 2.05) is 48.5 Å².